The Morgan fingerprint density at radius 2 is 0.831 bits per heavy atom. The van der Waals surface area contributed by atoms with Gasteiger partial charge in [0.25, 0.3) is 11.8 Å². The average Bonchev–Trinajstić information content (AvgIpc) is 1.45. The molecule has 3 heterocycles. The summed E-state index contributed by atoms with van der Waals surface area (Å²) < 4.78 is 71.0. The van der Waals surface area contributed by atoms with Crippen LogP contribution in [0.5, 0.6) is 0 Å². The van der Waals surface area contributed by atoms with Crippen LogP contribution < -0.4 is 47.4 Å². The third kappa shape index (κ3) is 28.7. The number of ether oxygens (including phenoxy) is 10. The number of aliphatic hydroxyl groups is 9. The van der Waals surface area contributed by atoms with Gasteiger partial charge >= 0.3 is 0 Å². The lowest BCUT2D eigenvalue weighted by molar-refractivity contribution is -0.272. The van der Waals surface area contributed by atoms with Crippen LogP contribution in [0.4, 0.5) is 0 Å². The third-order valence-corrected chi connectivity index (χ3v) is 13.7. The summed E-state index contributed by atoms with van der Waals surface area (Å²) in [7, 11) is -4.08. The SMILES string of the molecule is CC(=O)NC1C(OCCOCCNC(=O)CCC(NC(=O)C(NC(=O)CCOCCOP(C)(=O)[O-])C(=O)NCCOCCOC2OC(CO)C(O)C(O)C2NC(C)=O)C(=O)NCCOCCOC2OC(CO)C(O)C(O)C2NC(C)=O)OC(CO)C(O)C1O. The van der Waals surface area contributed by atoms with E-state index < -0.39 is 198 Å². The Hall–Kier alpha value is -4.85. The fourth-order valence-electron chi connectivity index (χ4n) is 8.70. The number of carbonyl (C=O) groups is 8. The third-order valence-electron chi connectivity index (χ3n) is 13.1. The zero-order chi connectivity index (χ0) is 66.2. The van der Waals surface area contributed by atoms with Crippen LogP contribution in [-0.4, -0.2) is 323 Å². The molecule has 17 N–H and O–H groups in total. The Kier molecular flexibility index (Phi) is 36.6. The van der Waals surface area contributed by atoms with Gasteiger partial charge in [-0.3, -0.25) is 38.4 Å². The van der Waals surface area contributed by atoms with Crippen LogP contribution in [0.2, 0.25) is 0 Å². The predicted octanol–water partition coefficient (Wildman–Crippen LogP) is -11.4. The maximum Gasteiger partial charge on any atom is 0.253 e. The first-order chi connectivity index (χ1) is 42.2. The van der Waals surface area contributed by atoms with Gasteiger partial charge in [-0.2, -0.15) is 0 Å². The zero-order valence-electron chi connectivity index (χ0n) is 49.7. The highest BCUT2D eigenvalue weighted by Crippen LogP contribution is 2.30. The predicted molar refractivity (Wildman–Crippen MR) is 293 cm³/mol. The minimum absolute atomic E-state index is 0.0889. The normalized spacial score (nSPS) is 28.2. The molecular weight excluding hydrogens is 1220 g/mol. The molecule has 3 aliphatic heterocycles. The van der Waals surface area contributed by atoms with Gasteiger partial charge in [0, 0.05) is 59.9 Å². The summed E-state index contributed by atoms with van der Waals surface area (Å²) in [5.74, 6) is -6.54. The summed E-state index contributed by atoms with van der Waals surface area (Å²) in [6, 6.07) is -7.29. The van der Waals surface area contributed by atoms with Crippen molar-refractivity contribution in [3.63, 3.8) is 0 Å². The average molecular weight is 1310 g/mol. The molecule has 3 fully saturated rings. The van der Waals surface area contributed by atoms with Crippen LogP contribution in [0.1, 0.15) is 40.0 Å². The molecule has 39 heteroatoms. The van der Waals surface area contributed by atoms with E-state index in [-0.39, 0.29) is 98.9 Å². The maximum atomic E-state index is 14.0. The largest absolute Gasteiger partial charge is 0.779 e. The van der Waals surface area contributed by atoms with Crippen molar-refractivity contribution < 1.29 is 146 Å². The molecule has 0 spiro atoms. The van der Waals surface area contributed by atoms with Crippen LogP contribution in [-0.2, 0) is 94.8 Å². The van der Waals surface area contributed by atoms with E-state index >= 15 is 0 Å². The lowest BCUT2D eigenvalue weighted by Gasteiger charge is -2.42. The van der Waals surface area contributed by atoms with E-state index in [1.807, 2.05) is 0 Å². The van der Waals surface area contributed by atoms with Crippen LogP contribution in [0.3, 0.4) is 0 Å². The van der Waals surface area contributed by atoms with Crippen LogP contribution >= 0.6 is 7.60 Å². The lowest BCUT2D eigenvalue weighted by Crippen LogP contribution is -2.64. The number of hydrogen-bond acceptors (Lipinski definition) is 30. The van der Waals surface area contributed by atoms with Crippen molar-refractivity contribution >= 4 is 54.9 Å². The summed E-state index contributed by atoms with van der Waals surface area (Å²) in [5, 5.41) is 110. The second kappa shape index (κ2) is 41.6. The Labute approximate surface area is 511 Å². The molecule has 18 unspecified atom stereocenters. The van der Waals surface area contributed by atoms with Crippen molar-refractivity contribution in [2.24, 2.45) is 0 Å². The molecule has 0 aromatic rings. The number of nitrogens with one attached hydrogen (secondary N) is 8. The van der Waals surface area contributed by atoms with E-state index in [0.29, 0.717) is 0 Å². The molecule has 3 aliphatic rings. The standard InChI is InChI=1S/C50H89N8O30P/c1-26(62)54-35-42(70)39(67)30(23-59)86-48(35)82-19-15-79-12-8-51-33(65)6-5-29(45(73)52-9-13-80-16-20-83-49-36(55-27(2)63)43(71)40(68)31(24-60)87-49)57-47(75)38(58-34(66)7-11-78-18-22-85-89(4,76)77)46(74)53-10-14-81-17-21-84-50-37(56-28(3)64)44(72)41(69)32(25-61)88-50/h29-32,35-44,48-50,59-61,67-72H,5-25H2,1-4H3,(H,51,65)(H,52,73)(H,53,74)(H,54,62)(H,55,63)(H,56,64)(H,57,75)(H,58,66)(H,76,77)/p-1. The van der Waals surface area contributed by atoms with Crippen LogP contribution in [0.25, 0.3) is 0 Å². The molecule has 8 amide bonds. The molecule has 0 aliphatic carbocycles. The minimum Gasteiger partial charge on any atom is -0.779 e. The highest BCUT2D eigenvalue weighted by molar-refractivity contribution is 7.50. The summed E-state index contributed by atoms with van der Waals surface area (Å²) in [6.07, 6.45) is -18.3. The number of rotatable bonds is 42. The highest BCUT2D eigenvalue weighted by Gasteiger charge is 2.48. The van der Waals surface area contributed by atoms with Gasteiger partial charge < -0.3 is 150 Å². The molecule has 3 rings (SSSR count). The van der Waals surface area contributed by atoms with E-state index in [1.54, 1.807) is 0 Å². The van der Waals surface area contributed by atoms with Crippen molar-refractivity contribution in [2.45, 2.75) is 144 Å². The Morgan fingerprint density at radius 3 is 1.21 bits per heavy atom. The molecule has 514 valence electrons. The fourth-order valence-corrected chi connectivity index (χ4v) is 9.10. The summed E-state index contributed by atoms with van der Waals surface area (Å²) in [5.41, 5.74) is 0. The van der Waals surface area contributed by atoms with Crippen molar-refractivity contribution in [1.29, 1.82) is 0 Å². The first kappa shape index (κ1) is 78.4. The van der Waals surface area contributed by atoms with Crippen molar-refractivity contribution in [3.05, 3.63) is 0 Å². The fraction of sp³-hybridized carbons (Fsp3) is 0.840. The van der Waals surface area contributed by atoms with Gasteiger partial charge in [-0.15, -0.1) is 0 Å². The van der Waals surface area contributed by atoms with Gasteiger partial charge in [0.05, 0.1) is 99.1 Å². The van der Waals surface area contributed by atoms with Crippen molar-refractivity contribution in [2.75, 3.05) is 125 Å². The molecule has 38 nitrogen and oxygen atoms in total. The number of amides is 8. The number of aliphatic hydroxyl groups excluding tert-OH is 9. The van der Waals surface area contributed by atoms with E-state index in [0.717, 1.165) is 20.5 Å². The van der Waals surface area contributed by atoms with Crippen LogP contribution in [0, 0.1) is 0 Å². The van der Waals surface area contributed by atoms with E-state index in [9.17, 15) is 93.8 Å². The second-order valence-corrected chi connectivity index (χ2v) is 22.0. The van der Waals surface area contributed by atoms with E-state index in [4.69, 9.17) is 47.4 Å². The van der Waals surface area contributed by atoms with E-state index in [2.05, 4.69) is 47.1 Å². The van der Waals surface area contributed by atoms with E-state index in [1.165, 1.54) is 6.92 Å². The highest BCUT2D eigenvalue weighted by atomic mass is 31.2. The Balaban J connectivity index is 1.67. The van der Waals surface area contributed by atoms with Gasteiger partial charge in [-0.05, 0) is 6.42 Å². The number of carbonyl (C=O) groups excluding carboxylic acids is 8. The Morgan fingerprint density at radius 1 is 0.461 bits per heavy atom. The summed E-state index contributed by atoms with van der Waals surface area (Å²) in [4.78, 5) is 114. The Bertz CT molecular complexity index is 2230. The molecule has 18 atom stereocenters. The molecule has 3 saturated heterocycles. The van der Waals surface area contributed by atoms with Crippen molar-refractivity contribution in [3.8, 4) is 0 Å². The first-order valence-corrected chi connectivity index (χ1v) is 30.4. The zero-order valence-corrected chi connectivity index (χ0v) is 50.6. The van der Waals surface area contributed by atoms with Crippen molar-refractivity contribution in [1.82, 2.24) is 42.5 Å². The molecule has 0 bridgehead atoms. The van der Waals surface area contributed by atoms with Gasteiger partial charge in [0.2, 0.25) is 35.4 Å². The molecule has 89 heavy (non-hydrogen) atoms. The smallest absolute Gasteiger partial charge is 0.253 e. The maximum absolute atomic E-state index is 14.0. The number of hydrogen-bond donors (Lipinski definition) is 17. The first-order valence-electron chi connectivity index (χ1n) is 28.4. The van der Waals surface area contributed by atoms with Gasteiger partial charge in [-0.1, -0.05) is 0 Å². The molecule has 0 aromatic carbocycles. The van der Waals surface area contributed by atoms with Gasteiger partial charge in [-0.25, -0.2) is 0 Å². The summed E-state index contributed by atoms with van der Waals surface area (Å²) in [6.45, 7) is -0.864. The lowest BCUT2D eigenvalue weighted by atomic mass is 9.97. The summed E-state index contributed by atoms with van der Waals surface area (Å²) >= 11 is 0. The molecule has 0 saturated carbocycles. The van der Waals surface area contributed by atoms with Crippen LogP contribution in [0.15, 0.2) is 0 Å². The van der Waals surface area contributed by atoms with Gasteiger partial charge in [0.1, 0.15) is 86.7 Å². The molecule has 0 aromatic heterocycles. The topological polar surface area (TPSA) is 557 Å². The monoisotopic (exact) mass is 1310 g/mol. The molecule has 0 radical (unpaired) electrons. The quantitative estimate of drug-likeness (QED) is 0.0153. The second-order valence-electron chi connectivity index (χ2n) is 20.2. The minimum atomic E-state index is -4.08. The van der Waals surface area contributed by atoms with Gasteiger partial charge in [0.15, 0.2) is 24.9 Å². The molecular formula is C50H88N8O30P-.